The third kappa shape index (κ3) is 17.6. The molecule has 2 unspecified atom stereocenters. The van der Waals surface area contributed by atoms with Crippen LogP contribution in [0.25, 0.3) is 0 Å². The first-order chi connectivity index (χ1) is 17.9. The molecule has 1 aromatic rings. The van der Waals surface area contributed by atoms with Crippen LogP contribution < -0.4 is 10.1 Å². The zero-order chi connectivity index (χ0) is 27.2. The molecule has 1 N–H and O–H groups in total. The van der Waals surface area contributed by atoms with Crippen molar-refractivity contribution in [3.63, 3.8) is 0 Å². The molecule has 2 atom stereocenters. The Morgan fingerprint density at radius 2 is 1.97 bits per heavy atom. The molecule has 0 saturated heterocycles. The molecule has 7 nitrogen and oxygen atoms in total. The molecule has 2 rings (SSSR count). The summed E-state index contributed by atoms with van der Waals surface area (Å²) in [6, 6.07) is 8.70. The van der Waals surface area contributed by atoms with Gasteiger partial charge in [0.25, 0.3) is 11.0 Å². The van der Waals surface area contributed by atoms with E-state index in [1.165, 1.54) is 0 Å². The summed E-state index contributed by atoms with van der Waals surface area (Å²) in [7, 11) is 1.87. The maximum Gasteiger partial charge on any atom is 0.299 e. The van der Waals surface area contributed by atoms with Gasteiger partial charge in [-0.3, -0.25) is 0 Å². The van der Waals surface area contributed by atoms with Gasteiger partial charge in [-0.15, -0.1) is 10.1 Å². The van der Waals surface area contributed by atoms with Crippen LogP contribution in [-0.4, -0.2) is 55.6 Å². The largest absolute Gasteiger partial charge is 0.487 e. The average Bonchev–Trinajstić information content (AvgIpc) is 3.34. The van der Waals surface area contributed by atoms with Gasteiger partial charge in [-0.2, -0.15) is 20.5 Å². The predicted octanol–water partition coefficient (Wildman–Crippen LogP) is 6.14. The Morgan fingerprint density at radius 1 is 1.19 bits per heavy atom. The second-order valence-electron chi connectivity index (χ2n) is 8.65. The fourth-order valence-corrected chi connectivity index (χ4v) is 4.52. The molecule has 1 aliphatic rings. The Labute approximate surface area is 223 Å². The number of allylic oxidation sites excluding steroid dienone is 3. The number of alkyl halides is 2. The second kappa shape index (κ2) is 20.6. The zero-order valence-electron chi connectivity index (χ0n) is 21.6. The number of ether oxygens (including phenoxy) is 1. The highest BCUT2D eigenvalue weighted by Crippen LogP contribution is 2.36. The highest BCUT2D eigenvalue weighted by molar-refractivity contribution is 7.99. The van der Waals surface area contributed by atoms with Gasteiger partial charge in [-0.25, -0.2) is 0 Å². The van der Waals surface area contributed by atoms with Crippen LogP contribution in [-0.2, 0) is 9.63 Å². The van der Waals surface area contributed by atoms with Crippen molar-refractivity contribution in [3.05, 3.63) is 64.8 Å². The van der Waals surface area contributed by atoms with Gasteiger partial charge in [0.05, 0.1) is 0 Å². The van der Waals surface area contributed by atoms with Gasteiger partial charge < -0.3 is 19.7 Å². The van der Waals surface area contributed by atoms with E-state index in [9.17, 15) is 23.7 Å². The maximum absolute atomic E-state index is 14.1. The van der Waals surface area contributed by atoms with Crippen LogP contribution in [0.2, 0.25) is 0 Å². The minimum atomic E-state index is -2.96. The highest BCUT2D eigenvalue weighted by Gasteiger charge is 2.29. The number of hydrogen-bond acceptors (Lipinski definition) is 7. The number of nitrogens with one attached hydrogen (secondary N) is 1. The van der Waals surface area contributed by atoms with Crippen molar-refractivity contribution in [2.45, 2.75) is 50.9 Å². The van der Waals surface area contributed by atoms with Crippen LogP contribution in [0.1, 0.15) is 44.9 Å². The second-order valence-corrected chi connectivity index (χ2v) is 9.88. The summed E-state index contributed by atoms with van der Waals surface area (Å²) in [4.78, 5) is 24.0. The van der Waals surface area contributed by atoms with Crippen molar-refractivity contribution < 1.29 is 28.2 Å². The number of nitrogens with zero attached hydrogens (tertiary/aromatic N) is 1. The molecule has 1 saturated carbocycles. The van der Waals surface area contributed by atoms with Crippen molar-refractivity contribution >= 4 is 18.0 Å². The quantitative estimate of drug-likeness (QED) is 0.0784. The molecule has 0 aromatic heterocycles. The van der Waals surface area contributed by atoms with E-state index < -0.39 is 17.6 Å². The fraction of sp³-hybridized carbons (Fsp3) is 0.593. The number of halogens is 2. The SMILES string of the molecule is CNCCSCCO[N+](=O)[O-].O=CCCC/C=C\CC1CCCC1/C=C/C(F)(F)COc1ccccc1. The third-order valence-electron chi connectivity index (χ3n) is 5.70. The number of rotatable bonds is 18. The molecular formula is C27H40F2N2O5S. The van der Waals surface area contributed by atoms with E-state index in [4.69, 9.17) is 4.74 Å². The van der Waals surface area contributed by atoms with E-state index in [1.807, 2.05) is 13.1 Å². The van der Waals surface area contributed by atoms with E-state index in [0.29, 0.717) is 23.8 Å². The summed E-state index contributed by atoms with van der Waals surface area (Å²) in [5.74, 6) is -0.246. The smallest absolute Gasteiger partial charge is 0.299 e. The van der Waals surface area contributed by atoms with Crippen LogP contribution in [0.3, 0.4) is 0 Å². The van der Waals surface area contributed by atoms with Gasteiger partial charge in [0, 0.05) is 24.5 Å². The Hall–Kier alpha value is -2.46. The average molecular weight is 543 g/mol. The summed E-state index contributed by atoms with van der Waals surface area (Å²) in [5, 5.41) is 11.9. The monoisotopic (exact) mass is 542 g/mol. The van der Waals surface area contributed by atoms with E-state index in [0.717, 1.165) is 63.2 Å². The summed E-state index contributed by atoms with van der Waals surface area (Å²) in [6.45, 7) is 0.464. The summed E-state index contributed by atoms with van der Waals surface area (Å²) in [5.41, 5.74) is 0. The number of carbonyl (C=O) groups excluding carboxylic acids is 1. The van der Waals surface area contributed by atoms with Gasteiger partial charge in [0.15, 0.2) is 6.61 Å². The molecule has 0 spiro atoms. The molecule has 10 heteroatoms. The van der Waals surface area contributed by atoms with Gasteiger partial charge >= 0.3 is 0 Å². The molecule has 208 valence electrons. The number of unbranched alkanes of at least 4 members (excludes halogenated alkanes) is 2. The Bertz CT molecular complexity index is 796. The first-order valence-electron chi connectivity index (χ1n) is 12.7. The van der Waals surface area contributed by atoms with Gasteiger partial charge in [-0.1, -0.05) is 42.8 Å². The van der Waals surface area contributed by atoms with Crippen molar-refractivity contribution in [1.29, 1.82) is 0 Å². The number of hydrogen-bond donors (Lipinski definition) is 1. The lowest BCUT2D eigenvalue weighted by Crippen LogP contribution is -2.23. The standard InChI is InChI=1S/C22H28F2O2.C5H12N2O3S/c23-22(24,18-26-21-13-6-4-7-14-21)16-15-20-12-9-11-19(20)10-5-2-1-3-8-17-25;1-6-2-4-11-5-3-10-7(8)9/h2,4-7,13-17,19-20H,1,3,8-12,18H2;6H,2-5H2,1H3/b5-2-,16-15+;. The molecule has 1 fully saturated rings. The first kappa shape index (κ1) is 32.6. The molecule has 0 heterocycles. The molecular weight excluding hydrogens is 502 g/mol. The highest BCUT2D eigenvalue weighted by atomic mass is 32.2. The predicted molar refractivity (Wildman–Crippen MR) is 145 cm³/mol. The van der Waals surface area contributed by atoms with Crippen LogP contribution >= 0.6 is 11.8 Å². The molecule has 37 heavy (non-hydrogen) atoms. The molecule has 0 aliphatic heterocycles. The molecule has 1 aliphatic carbocycles. The van der Waals surface area contributed by atoms with Gasteiger partial charge in [-0.05, 0) is 69.2 Å². The van der Waals surface area contributed by atoms with Crippen molar-refractivity contribution in [1.82, 2.24) is 5.32 Å². The molecule has 1 aromatic carbocycles. The first-order valence-corrected chi connectivity index (χ1v) is 13.9. The zero-order valence-corrected chi connectivity index (χ0v) is 22.4. The van der Waals surface area contributed by atoms with E-state index in [-0.39, 0.29) is 12.5 Å². The van der Waals surface area contributed by atoms with Crippen molar-refractivity contribution in [2.24, 2.45) is 11.8 Å². The molecule has 0 amide bonds. The van der Waals surface area contributed by atoms with Crippen molar-refractivity contribution in [3.8, 4) is 5.75 Å². The van der Waals surface area contributed by atoms with Gasteiger partial charge in [0.2, 0.25) is 0 Å². The minimum Gasteiger partial charge on any atom is -0.487 e. The normalized spacial score (nSPS) is 17.5. The Kier molecular flexibility index (Phi) is 18.1. The van der Waals surface area contributed by atoms with E-state index >= 15 is 0 Å². The molecule has 0 bridgehead atoms. The van der Waals surface area contributed by atoms with E-state index in [1.54, 1.807) is 42.1 Å². The minimum absolute atomic E-state index is 0.182. The maximum atomic E-state index is 14.1. The number of benzene rings is 1. The summed E-state index contributed by atoms with van der Waals surface area (Å²) >= 11 is 1.63. The van der Waals surface area contributed by atoms with Crippen molar-refractivity contribution in [2.75, 3.05) is 38.3 Å². The third-order valence-corrected chi connectivity index (χ3v) is 6.65. The number of carbonyl (C=O) groups is 1. The Morgan fingerprint density at radius 3 is 2.68 bits per heavy atom. The van der Waals surface area contributed by atoms with Crippen LogP contribution in [0.15, 0.2) is 54.6 Å². The van der Waals surface area contributed by atoms with E-state index in [2.05, 4.69) is 22.3 Å². The lowest BCUT2D eigenvalue weighted by Gasteiger charge is -2.17. The lowest BCUT2D eigenvalue weighted by atomic mass is 9.92. The van der Waals surface area contributed by atoms with Crippen LogP contribution in [0.5, 0.6) is 5.75 Å². The van der Waals surface area contributed by atoms with Gasteiger partial charge in [0.1, 0.15) is 18.6 Å². The number of thioether (sulfide) groups is 1. The van der Waals surface area contributed by atoms with Crippen LogP contribution in [0, 0.1) is 22.0 Å². The summed E-state index contributed by atoms with van der Waals surface area (Å²) < 4.78 is 33.3. The number of aldehydes is 1. The Balaban J connectivity index is 0.000000525. The van der Waals surface area contributed by atoms with Crippen LogP contribution in [0.4, 0.5) is 8.78 Å². The summed E-state index contributed by atoms with van der Waals surface area (Å²) in [6.07, 6.45) is 14.3. The lowest BCUT2D eigenvalue weighted by molar-refractivity contribution is -0.756. The topological polar surface area (TPSA) is 90.7 Å². The number of para-hydroxylation sites is 1. The fourth-order valence-electron chi connectivity index (χ4n) is 3.78. The molecule has 0 radical (unpaired) electrons.